The molecule has 2 aromatic carbocycles. The first kappa shape index (κ1) is 23.8. The summed E-state index contributed by atoms with van der Waals surface area (Å²) < 4.78 is 0. The topological polar surface area (TPSA) is 0 Å². The quantitative estimate of drug-likeness (QED) is 0.265. The minimum absolute atomic E-state index is 0.404. The second-order valence-corrected chi connectivity index (χ2v) is 14.4. The van der Waals surface area contributed by atoms with Crippen molar-refractivity contribution in [3.8, 4) is 11.1 Å². The number of hydrogen-bond donors (Lipinski definition) is 0. The van der Waals surface area contributed by atoms with Gasteiger partial charge in [0, 0.05) is 8.80 Å². The molecule has 1 aliphatic carbocycles. The molecule has 32 heavy (non-hydrogen) atoms. The Hall–Kier alpha value is -1.34. The maximum absolute atomic E-state index is 2.43. The Morgan fingerprint density at radius 1 is 0.625 bits per heavy atom. The molecule has 0 spiro atoms. The smallest absolute Gasteiger partial charge is 0.0368 e. The van der Waals surface area contributed by atoms with Crippen LogP contribution in [0.15, 0.2) is 48.5 Å². The van der Waals surface area contributed by atoms with Gasteiger partial charge in [0.15, 0.2) is 0 Å². The molecule has 1 aliphatic heterocycles. The summed E-state index contributed by atoms with van der Waals surface area (Å²) in [5.41, 5.74) is 5.93. The van der Waals surface area contributed by atoms with Crippen molar-refractivity contribution in [2.24, 2.45) is 5.92 Å². The Morgan fingerprint density at radius 3 is 1.66 bits per heavy atom. The van der Waals surface area contributed by atoms with Gasteiger partial charge >= 0.3 is 0 Å². The number of benzene rings is 2. The first-order chi connectivity index (χ1) is 15.8. The molecule has 0 N–H and O–H groups in total. The van der Waals surface area contributed by atoms with E-state index in [4.69, 9.17) is 0 Å². The van der Waals surface area contributed by atoms with Crippen LogP contribution in [0.5, 0.6) is 0 Å². The van der Waals surface area contributed by atoms with Crippen LogP contribution in [0.2, 0.25) is 18.1 Å². The van der Waals surface area contributed by atoms with Crippen molar-refractivity contribution in [2.45, 2.75) is 114 Å². The molecular formula is C31H46Si. The second-order valence-electron chi connectivity index (χ2n) is 11.0. The minimum atomic E-state index is -0.404. The molecule has 0 aromatic heterocycles. The molecule has 0 unspecified atom stereocenters. The van der Waals surface area contributed by atoms with Crippen LogP contribution < -0.4 is 0 Å². The summed E-state index contributed by atoms with van der Waals surface area (Å²) in [6.07, 6.45) is 15.7. The highest BCUT2D eigenvalue weighted by molar-refractivity contribution is 6.59. The van der Waals surface area contributed by atoms with E-state index in [2.05, 4.69) is 62.4 Å². The van der Waals surface area contributed by atoms with Gasteiger partial charge in [-0.05, 0) is 78.5 Å². The average molecular weight is 447 g/mol. The molecule has 1 heterocycles. The zero-order chi connectivity index (χ0) is 22.2. The van der Waals surface area contributed by atoms with Crippen molar-refractivity contribution in [1.29, 1.82) is 0 Å². The first-order valence-electron chi connectivity index (χ1n) is 14.0. The fourth-order valence-electron chi connectivity index (χ4n) is 6.56. The van der Waals surface area contributed by atoms with E-state index >= 15 is 0 Å². The number of hydrogen-bond acceptors (Lipinski definition) is 0. The molecule has 1 saturated heterocycles. The summed E-state index contributed by atoms with van der Waals surface area (Å²) in [4.78, 5) is 0. The fraction of sp³-hybridized carbons (Fsp3) is 0.613. The van der Waals surface area contributed by atoms with Gasteiger partial charge in [0.25, 0.3) is 0 Å². The highest BCUT2D eigenvalue weighted by Gasteiger charge is 2.23. The Kier molecular flexibility index (Phi) is 9.08. The summed E-state index contributed by atoms with van der Waals surface area (Å²) >= 11 is 0. The third-order valence-corrected chi connectivity index (χ3v) is 12.2. The highest BCUT2D eigenvalue weighted by Crippen LogP contribution is 2.39. The molecule has 0 atom stereocenters. The Morgan fingerprint density at radius 2 is 1.16 bits per heavy atom. The Bertz CT molecular complexity index is 774. The second kappa shape index (κ2) is 12.2. The lowest BCUT2D eigenvalue weighted by atomic mass is 9.77. The fourth-order valence-corrected chi connectivity index (χ4v) is 10.0. The standard InChI is InChI=1S/C31H46Si/c1-3-5-6-22-32-23-20-31(21-24-32)30-18-16-29(17-19-30)28-14-12-27(13-15-28)26-10-8-25(7-4-2)9-11-26/h12-19,25-26,31-32H,3-11,20-24H2,1-2H3. The first-order valence-corrected chi connectivity index (χ1v) is 16.4. The van der Waals surface area contributed by atoms with Crippen molar-refractivity contribution >= 4 is 8.80 Å². The van der Waals surface area contributed by atoms with E-state index in [-0.39, 0.29) is 0 Å². The van der Waals surface area contributed by atoms with Gasteiger partial charge < -0.3 is 0 Å². The molecule has 0 amide bonds. The molecule has 2 aromatic rings. The third-order valence-electron chi connectivity index (χ3n) is 8.70. The number of rotatable bonds is 9. The van der Waals surface area contributed by atoms with Gasteiger partial charge in [0.1, 0.15) is 0 Å². The van der Waals surface area contributed by atoms with Crippen molar-refractivity contribution < 1.29 is 0 Å². The summed E-state index contributed by atoms with van der Waals surface area (Å²) in [6.45, 7) is 4.66. The monoisotopic (exact) mass is 446 g/mol. The van der Waals surface area contributed by atoms with Crippen LogP contribution in [0.1, 0.15) is 107 Å². The van der Waals surface area contributed by atoms with E-state index in [1.165, 1.54) is 81.8 Å². The van der Waals surface area contributed by atoms with Crippen molar-refractivity contribution in [2.75, 3.05) is 0 Å². The lowest BCUT2D eigenvalue weighted by molar-refractivity contribution is 0.308. The van der Waals surface area contributed by atoms with Crippen molar-refractivity contribution in [1.82, 2.24) is 0 Å². The molecular weight excluding hydrogens is 400 g/mol. The van der Waals surface area contributed by atoms with E-state index in [0.717, 1.165) is 17.8 Å². The molecule has 2 fully saturated rings. The van der Waals surface area contributed by atoms with Crippen molar-refractivity contribution in [3.05, 3.63) is 59.7 Å². The Labute approximate surface area is 199 Å². The van der Waals surface area contributed by atoms with Crippen LogP contribution in [0.25, 0.3) is 11.1 Å². The third kappa shape index (κ3) is 6.37. The lowest BCUT2D eigenvalue weighted by Crippen LogP contribution is -2.20. The molecule has 2 aliphatic rings. The minimum Gasteiger partial charge on any atom is -0.0654 e. The normalized spacial score (nSPS) is 26.2. The predicted molar refractivity (Wildman–Crippen MR) is 145 cm³/mol. The Balaban J connectivity index is 1.29. The zero-order valence-electron chi connectivity index (χ0n) is 20.8. The molecule has 174 valence electrons. The molecule has 1 heteroatoms. The van der Waals surface area contributed by atoms with Gasteiger partial charge in [-0.3, -0.25) is 0 Å². The molecule has 0 bridgehead atoms. The van der Waals surface area contributed by atoms with Crippen LogP contribution in [0.4, 0.5) is 0 Å². The van der Waals surface area contributed by atoms with Gasteiger partial charge in [-0.25, -0.2) is 0 Å². The largest absolute Gasteiger partial charge is 0.0654 e. The van der Waals surface area contributed by atoms with E-state index in [0.29, 0.717) is 0 Å². The molecule has 1 saturated carbocycles. The van der Waals surface area contributed by atoms with Crippen LogP contribution >= 0.6 is 0 Å². The van der Waals surface area contributed by atoms with E-state index < -0.39 is 8.80 Å². The van der Waals surface area contributed by atoms with Crippen LogP contribution in [-0.2, 0) is 0 Å². The number of unbranched alkanes of at least 4 members (excludes halogenated alkanes) is 2. The van der Waals surface area contributed by atoms with E-state index in [1.54, 1.807) is 29.3 Å². The lowest BCUT2D eigenvalue weighted by Gasteiger charge is -2.28. The maximum atomic E-state index is 2.43. The van der Waals surface area contributed by atoms with Gasteiger partial charge in [-0.2, -0.15) is 0 Å². The van der Waals surface area contributed by atoms with Crippen molar-refractivity contribution in [3.63, 3.8) is 0 Å². The van der Waals surface area contributed by atoms with Crippen LogP contribution in [0.3, 0.4) is 0 Å². The average Bonchev–Trinajstić information content (AvgIpc) is 2.86. The summed E-state index contributed by atoms with van der Waals surface area (Å²) in [5, 5.41) is 0. The van der Waals surface area contributed by atoms with Gasteiger partial charge in [-0.15, -0.1) is 0 Å². The molecule has 0 radical (unpaired) electrons. The van der Waals surface area contributed by atoms with Gasteiger partial charge in [0.2, 0.25) is 0 Å². The SMILES string of the molecule is CCCCC[SiH]1CCC(c2ccc(-c3ccc(C4CCC(CCC)CC4)cc3)cc2)CC1. The van der Waals surface area contributed by atoms with Crippen LogP contribution in [-0.4, -0.2) is 8.80 Å². The van der Waals surface area contributed by atoms with E-state index in [1.807, 2.05) is 0 Å². The molecule has 4 rings (SSSR count). The summed E-state index contributed by atoms with van der Waals surface area (Å²) in [7, 11) is -0.404. The zero-order valence-corrected chi connectivity index (χ0v) is 22.0. The maximum Gasteiger partial charge on any atom is 0.0368 e. The van der Waals surface area contributed by atoms with Crippen LogP contribution in [0, 0.1) is 5.92 Å². The summed E-state index contributed by atoms with van der Waals surface area (Å²) in [5.74, 6) is 2.61. The highest BCUT2D eigenvalue weighted by atomic mass is 28.3. The van der Waals surface area contributed by atoms with Gasteiger partial charge in [0.05, 0.1) is 0 Å². The van der Waals surface area contributed by atoms with E-state index in [9.17, 15) is 0 Å². The predicted octanol–water partition coefficient (Wildman–Crippen LogP) is 9.72. The molecule has 0 nitrogen and oxygen atoms in total. The van der Waals surface area contributed by atoms with Gasteiger partial charge in [-0.1, -0.05) is 113 Å². The summed E-state index contributed by atoms with van der Waals surface area (Å²) in [6, 6.07) is 24.0.